The van der Waals surface area contributed by atoms with Crippen molar-refractivity contribution in [2.75, 3.05) is 47.4 Å². The standard InChI is InChI=1S/C16H25N3O4S/c1-17(2)24(21,22)19-12-10-18(11-13-19)16(20)9-6-14-4-7-15(23-3)8-5-14/h4-5,7-8H,6,9-13H2,1-3H3. The first kappa shape index (κ1) is 18.7. The minimum absolute atomic E-state index is 0.0627. The van der Waals surface area contributed by atoms with E-state index in [1.165, 1.54) is 22.7 Å². The quantitative estimate of drug-likeness (QED) is 0.748. The molecule has 7 nitrogen and oxygen atoms in total. The van der Waals surface area contributed by atoms with Gasteiger partial charge in [0.15, 0.2) is 0 Å². The Morgan fingerprint density at radius 2 is 1.71 bits per heavy atom. The number of aryl methyl sites for hydroxylation is 1. The van der Waals surface area contributed by atoms with Crippen molar-refractivity contribution in [2.45, 2.75) is 12.8 Å². The first-order valence-corrected chi connectivity index (χ1v) is 9.32. The normalized spacial score (nSPS) is 16.4. The predicted octanol–water partition coefficient (Wildman–Crippen LogP) is 0.578. The van der Waals surface area contributed by atoms with E-state index in [2.05, 4.69) is 0 Å². The minimum atomic E-state index is -3.39. The summed E-state index contributed by atoms with van der Waals surface area (Å²) in [6.45, 7) is 1.56. The maximum Gasteiger partial charge on any atom is 0.281 e. The van der Waals surface area contributed by atoms with Gasteiger partial charge in [0.2, 0.25) is 5.91 Å². The second-order valence-corrected chi connectivity index (χ2v) is 8.06. The maximum atomic E-state index is 12.3. The van der Waals surface area contributed by atoms with Gasteiger partial charge in [-0.25, -0.2) is 0 Å². The van der Waals surface area contributed by atoms with Crippen molar-refractivity contribution in [3.8, 4) is 5.75 Å². The van der Waals surface area contributed by atoms with Crippen molar-refractivity contribution < 1.29 is 17.9 Å². The molecule has 1 aromatic rings. The molecule has 0 saturated carbocycles. The summed E-state index contributed by atoms with van der Waals surface area (Å²) in [7, 11) is 1.26. The number of ether oxygens (including phenoxy) is 1. The molecule has 0 atom stereocenters. The van der Waals surface area contributed by atoms with E-state index in [4.69, 9.17) is 4.74 Å². The first-order valence-electron chi connectivity index (χ1n) is 7.93. The van der Waals surface area contributed by atoms with Crippen LogP contribution in [-0.4, -0.2) is 75.2 Å². The van der Waals surface area contributed by atoms with Gasteiger partial charge in [0.05, 0.1) is 7.11 Å². The van der Waals surface area contributed by atoms with E-state index in [1.807, 2.05) is 24.3 Å². The molecular formula is C16H25N3O4S. The average Bonchev–Trinajstić information content (AvgIpc) is 2.60. The zero-order valence-electron chi connectivity index (χ0n) is 14.4. The molecule has 8 heteroatoms. The Kier molecular flexibility index (Phi) is 6.20. The highest BCUT2D eigenvalue weighted by Crippen LogP contribution is 2.14. The number of piperazine rings is 1. The lowest BCUT2D eigenvalue weighted by Gasteiger charge is -2.35. The van der Waals surface area contributed by atoms with Crippen LogP contribution in [-0.2, 0) is 21.4 Å². The molecule has 1 heterocycles. The topological polar surface area (TPSA) is 70.2 Å². The molecule has 0 aromatic heterocycles. The Hall–Kier alpha value is -1.64. The fraction of sp³-hybridized carbons (Fsp3) is 0.562. The van der Waals surface area contributed by atoms with Crippen LogP contribution in [0.5, 0.6) is 5.75 Å². The predicted molar refractivity (Wildman–Crippen MR) is 92.1 cm³/mol. The highest BCUT2D eigenvalue weighted by molar-refractivity contribution is 7.86. The number of hydrogen-bond donors (Lipinski definition) is 0. The SMILES string of the molecule is COc1ccc(CCC(=O)N2CCN(S(=O)(=O)N(C)C)CC2)cc1. The number of nitrogens with zero attached hydrogens (tertiary/aromatic N) is 3. The van der Waals surface area contributed by atoms with Gasteiger partial charge in [-0.05, 0) is 24.1 Å². The Morgan fingerprint density at radius 1 is 1.12 bits per heavy atom. The molecule has 1 saturated heterocycles. The molecule has 0 bridgehead atoms. The van der Waals surface area contributed by atoms with Crippen molar-refractivity contribution in [3.05, 3.63) is 29.8 Å². The molecule has 1 aromatic carbocycles. The van der Waals surface area contributed by atoms with Gasteiger partial charge >= 0.3 is 0 Å². The largest absolute Gasteiger partial charge is 0.497 e. The second kappa shape index (κ2) is 7.96. The van der Waals surface area contributed by atoms with Crippen molar-refractivity contribution in [3.63, 3.8) is 0 Å². The summed E-state index contributed by atoms with van der Waals surface area (Å²) in [4.78, 5) is 14.0. The molecule has 0 aliphatic carbocycles. The third kappa shape index (κ3) is 4.46. The third-order valence-corrected chi connectivity index (χ3v) is 6.11. The van der Waals surface area contributed by atoms with Gasteiger partial charge in [-0.3, -0.25) is 4.79 Å². The van der Waals surface area contributed by atoms with Gasteiger partial charge in [-0.1, -0.05) is 12.1 Å². The van der Waals surface area contributed by atoms with E-state index in [1.54, 1.807) is 12.0 Å². The van der Waals surface area contributed by atoms with Gasteiger partial charge < -0.3 is 9.64 Å². The molecule has 2 rings (SSSR count). The summed E-state index contributed by atoms with van der Waals surface area (Å²) >= 11 is 0. The van der Waals surface area contributed by atoms with Crippen LogP contribution in [0, 0.1) is 0 Å². The van der Waals surface area contributed by atoms with E-state index in [9.17, 15) is 13.2 Å². The molecule has 1 aliphatic rings. The fourth-order valence-corrected chi connectivity index (χ4v) is 3.69. The number of carbonyl (C=O) groups excluding carboxylic acids is 1. The number of amides is 1. The number of methoxy groups -OCH3 is 1. The van der Waals surface area contributed by atoms with E-state index >= 15 is 0 Å². The van der Waals surface area contributed by atoms with E-state index in [-0.39, 0.29) is 5.91 Å². The average molecular weight is 355 g/mol. The second-order valence-electron chi connectivity index (χ2n) is 5.92. The Morgan fingerprint density at radius 3 is 2.21 bits per heavy atom. The molecule has 1 fully saturated rings. The lowest BCUT2D eigenvalue weighted by Crippen LogP contribution is -2.53. The smallest absolute Gasteiger partial charge is 0.281 e. The summed E-state index contributed by atoms with van der Waals surface area (Å²) < 4.78 is 31.9. The Labute approximate surface area is 144 Å². The van der Waals surface area contributed by atoms with E-state index in [0.29, 0.717) is 39.0 Å². The van der Waals surface area contributed by atoms with E-state index in [0.717, 1.165) is 11.3 Å². The van der Waals surface area contributed by atoms with E-state index < -0.39 is 10.2 Å². The molecular weight excluding hydrogens is 330 g/mol. The van der Waals surface area contributed by atoms with Crippen molar-refractivity contribution in [1.29, 1.82) is 0 Å². The van der Waals surface area contributed by atoms with Gasteiger partial charge in [0.1, 0.15) is 5.75 Å². The number of carbonyl (C=O) groups is 1. The summed E-state index contributed by atoms with van der Waals surface area (Å²) in [6.07, 6.45) is 1.09. The van der Waals surface area contributed by atoms with Crippen molar-refractivity contribution in [1.82, 2.24) is 13.5 Å². The lowest BCUT2D eigenvalue weighted by atomic mass is 10.1. The van der Waals surface area contributed by atoms with Crippen LogP contribution in [0.4, 0.5) is 0 Å². The van der Waals surface area contributed by atoms with Crippen LogP contribution in [0.3, 0.4) is 0 Å². The maximum absolute atomic E-state index is 12.3. The van der Waals surface area contributed by atoms with Gasteiger partial charge in [-0.15, -0.1) is 0 Å². The van der Waals surface area contributed by atoms with Crippen molar-refractivity contribution in [2.24, 2.45) is 0 Å². The number of rotatable bonds is 6. The van der Waals surface area contributed by atoms with Crippen LogP contribution in [0.2, 0.25) is 0 Å². The molecule has 0 N–H and O–H groups in total. The molecule has 1 amide bonds. The Bertz CT molecular complexity index is 650. The van der Waals surface area contributed by atoms with Crippen molar-refractivity contribution >= 4 is 16.1 Å². The molecule has 0 unspecified atom stereocenters. The fourth-order valence-electron chi connectivity index (χ4n) is 2.60. The highest BCUT2D eigenvalue weighted by Gasteiger charge is 2.29. The van der Waals surface area contributed by atoms with Crippen LogP contribution >= 0.6 is 0 Å². The summed E-state index contributed by atoms with van der Waals surface area (Å²) in [5, 5.41) is 0. The minimum Gasteiger partial charge on any atom is -0.497 e. The monoisotopic (exact) mass is 355 g/mol. The number of benzene rings is 1. The molecule has 0 radical (unpaired) electrons. The van der Waals surface area contributed by atoms with Crippen LogP contribution < -0.4 is 4.74 Å². The lowest BCUT2D eigenvalue weighted by molar-refractivity contribution is -0.132. The Balaban J connectivity index is 1.82. The van der Waals surface area contributed by atoms with Gasteiger partial charge in [0, 0.05) is 46.7 Å². The first-order chi connectivity index (χ1) is 11.3. The van der Waals surface area contributed by atoms with Crippen LogP contribution in [0.1, 0.15) is 12.0 Å². The van der Waals surface area contributed by atoms with Crippen LogP contribution in [0.25, 0.3) is 0 Å². The summed E-state index contributed by atoms with van der Waals surface area (Å²) in [5.74, 6) is 0.857. The number of hydrogen-bond acceptors (Lipinski definition) is 4. The van der Waals surface area contributed by atoms with Crippen LogP contribution in [0.15, 0.2) is 24.3 Å². The highest BCUT2D eigenvalue weighted by atomic mass is 32.2. The molecule has 0 spiro atoms. The molecule has 134 valence electrons. The van der Waals surface area contributed by atoms with Gasteiger partial charge in [0.25, 0.3) is 10.2 Å². The molecule has 1 aliphatic heterocycles. The summed E-state index contributed by atoms with van der Waals surface area (Å²) in [5.41, 5.74) is 1.08. The van der Waals surface area contributed by atoms with Gasteiger partial charge in [-0.2, -0.15) is 17.0 Å². The molecule has 24 heavy (non-hydrogen) atoms. The zero-order valence-corrected chi connectivity index (χ0v) is 15.3. The summed E-state index contributed by atoms with van der Waals surface area (Å²) in [6, 6.07) is 7.66. The third-order valence-electron chi connectivity index (χ3n) is 4.17. The zero-order chi connectivity index (χ0) is 17.7.